The van der Waals surface area contributed by atoms with E-state index in [0.29, 0.717) is 24.0 Å². The third kappa shape index (κ3) is 13.3. The van der Waals surface area contributed by atoms with E-state index in [9.17, 15) is 38.7 Å². The molecule has 6 atom stereocenters. The number of nitrogens with two attached hydrogens (primary N) is 1. The number of aromatic amines is 1. The second kappa shape index (κ2) is 23.0. The monoisotopic (exact) mass is 905 g/mol. The summed E-state index contributed by atoms with van der Waals surface area (Å²) in [5.74, 6) is -4.41. The molecule has 2 saturated heterocycles. The molecule has 12 N–H and O–H groups in total. The standard InChI is InChI=1S/C47H59N11O8/c1-28(59)53-37(24-29-10-3-2-4-11-29)42(62)55-36-15-8-21-50-41(61)35(14-7-22-51-47(48)49)54-44(64)39(26-31-27-52-34-13-6-5-12-33(31)34)56-43(63)38(25-30-17-19-32(60)20-18-30)57-45(65)40-16-9-23-58(40)46(36)66/h2-6,10-13,17-20,27,35-40,52,60H,7-9,14-16,21-26H2,1H3,(H,50,61)(H,53,59)(H,54,64)(H,55,62)(H,56,63)(H,57,65)(H4,48,49,51)/t35?,36-,37-,38+,39?,40?/m0/s1. The Morgan fingerprint density at radius 2 is 1.50 bits per heavy atom. The molecule has 66 heavy (non-hydrogen) atoms. The summed E-state index contributed by atoms with van der Waals surface area (Å²) in [5, 5.41) is 38.0. The van der Waals surface area contributed by atoms with Crippen LogP contribution in [-0.2, 0) is 52.8 Å². The van der Waals surface area contributed by atoms with E-state index < -0.39 is 77.6 Å². The molecule has 0 aliphatic carbocycles. The first-order chi connectivity index (χ1) is 31.7. The number of aromatic hydroxyl groups is 1. The Bertz CT molecular complexity index is 2370. The first kappa shape index (κ1) is 48.0. The van der Waals surface area contributed by atoms with Crippen molar-refractivity contribution in [3.63, 3.8) is 0 Å². The van der Waals surface area contributed by atoms with Gasteiger partial charge in [0, 0.05) is 62.9 Å². The lowest BCUT2D eigenvalue weighted by molar-refractivity contribution is -0.142. The van der Waals surface area contributed by atoms with Crippen molar-refractivity contribution in [1.82, 2.24) is 47.1 Å². The highest BCUT2D eigenvalue weighted by molar-refractivity contribution is 5.98. The molecule has 350 valence electrons. The van der Waals surface area contributed by atoms with Crippen molar-refractivity contribution in [3.8, 4) is 5.75 Å². The number of phenolic OH excluding ortho intramolecular Hbond substituents is 1. The maximum atomic E-state index is 14.6. The van der Waals surface area contributed by atoms with Crippen LogP contribution in [0, 0.1) is 5.41 Å². The number of amides is 7. The molecule has 7 amide bonds. The number of aromatic nitrogens is 1. The van der Waals surface area contributed by atoms with Crippen molar-refractivity contribution in [1.29, 1.82) is 5.41 Å². The average Bonchev–Trinajstić information content (AvgIpc) is 3.96. The van der Waals surface area contributed by atoms with Crippen molar-refractivity contribution in [3.05, 3.63) is 102 Å². The maximum absolute atomic E-state index is 14.6. The molecule has 1 aromatic heterocycles. The Kier molecular flexibility index (Phi) is 16.7. The van der Waals surface area contributed by atoms with E-state index in [0.717, 1.165) is 16.5 Å². The Morgan fingerprint density at radius 1 is 0.818 bits per heavy atom. The Hall–Kier alpha value is -7.44. The van der Waals surface area contributed by atoms with Gasteiger partial charge in [-0.05, 0) is 73.4 Å². The predicted molar refractivity (Wildman–Crippen MR) is 245 cm³/mol. The van der Waals surface area contributed by atoms with Crippen molar-refractivity contribution >= 4 is 58.2 Å². The number of rotatable bonds is 13. The van der Waals surface area contributed by atoms with Crippen molar-refractivity contribution in [2.45, 2.75) is 101 Å². The summed E-state index contributed by atoms with van der Waals surface area (Å²) >= 11 is 0. The van der Waals surface area contributed by atoms with Gasteiger partial charge in [-0.3, -0.25) is 39.0 Å². The van der Waals surface area contributed by atoms with E-state index >= 15 is 0 Å². The van der Waals surface area contributed by atoms with E-state index in [2.05, 4.69) is 42.2 Å². The highest BCUT2D eigenvalue weighted by atomic mass is 16.3. The van der Waals surface area contributed by atoms with Gasteiger partial charge in [-0.15, -0.1) is 0 Å². The molecule has 3 aromatic carbocycles. The average molecular weight is 906 g/mol. The fourth-order valence-electron chi connectivity index (χ4n) is 8.40. The van der Waals surface area contributed by atoms with Gasteiger partial charge in [0.15, 0.2) is 5.96 Å². The van der Waals surface area contributed by atoms with Crippen LogP contribution in [0.2, 0.25) is 0 Å². The number of fused-ring (bicyclic) bond motifs is 2. The number of carbonyl (C=O) groups excluding carboxylic acids is 7. The van der Waals surface area contributed by atoms with Crippen molar-refractivity contribution < 1.29 is 38.7 Å². The molecular formula is C47H59N11O8. The van der Waals surface area contributed by atoms with Crippen molar-refractivity contribution in [2.75, 3.05) is 19.6 Å². The minimum Gasteiger partial charge on any atom is -0.508 e. The molecule has 2 aliphatic rings. The summed E-state index contributed by atoms with van der Waals surface area (Å²) in [4.78, 5) is 103. The Balaban J connectivity index is 1.33. The highest BCUT2D eigenvalue weighted by Crippen LogP contribution is 2.22. The van der Waals surface area contributed by atoms with Gasteiger partial charge in [0.05, 0.1) is 0 Å². The topological polar surface area (TPSA) is 293 Å². The van der Waals surface area contributed by atoms with Gasteiger partial charge < -0.3 is 57.9 Å². The van der Waals surface area contributed by atoms with E-state index in [-0.39, 0.29) is 76.3 Å². The third-order valence-corrected chi connectivity index (χ3v) is 11.8. The molecule has 2 aliphatic heterocycles. The van der Waals surface area contributed by atoms with E-state index in [1.165, 1.54) is 24.0 Å². The number of hydrogen-bond donors (Lipinski definition) is 11. The Labute approximate surface area is 382 Å². The van der Waals surface area contributed by atoms with Crippen LogP contribution < -0.4 is 43.0 Å². The summed E-state index contributed by atoms with van der Waals surface area (Å²) in [6, 6.07) is 15.8. The van der Waals surface area contributed by atoms with Gasteiger partial charge in [-0.25, -0.2) is 0 Å². The molecule has 2 fully saturated rings. The SMILES string of the molecule is CC(=O)N[C@@H](Cc1ccccc1)C(=O)N[C@H]1CCCNC(=O)C(CCCNC(=N)N)NC(=O)C(Cc2c[nH]c3ccccc23)NC(=O)[C@@H](Cc2ccc(O)cc2)NC(=O)C2CCCN2C1=O. The van der Waals surface area contributed by atoms with Gasteiger partial charge in [0.1, 0.15) is 42.0 Å². The van der Waals surface area contributed by atoms with E-state index in [4.69, 9.17) is 11.1 Å². The predicted octanol–water partition coefficient (Wildman–Crippen LogP) is 0.510. The number of hydrogen-bond acceptors (Lipinski definition) is 9. The van der Waals surface area contributed by atoms with Crippen LogP contribution in [-0.4, -0.2) is 118 Å². The van der Waals surface area contributed by atoms with Crippen molar-refractivity contribution in [2.24, 2.45) is 5.73 Å². The third-order valence-electron chi connectivity index (χ3n) is 11.8. The molecular weight excluding hydrogens is 847 g/mol. The van der Waals surface area contributed by atoms with E-state index in [1.54, 1.807) is 30.5 Å². The van der Waals surface area contributed by atoms with Crippen LogP contribution in [0.1, 0.15) is 62.1 Å². The van der Waals surface area contributed by atoms with Crippen LogP contribution in [0.3, 0.4) is 0 Å². The van der Waals surface area contributed by atoms with Gasteiger partial charge in [-0.1, -0.05) is 60.7 Å². The number of phenols is 1. The number of nitrogens with zero attached hydrogens (tertiary/aromatic N) is 1. The van der Waals surface area contributed by atoms with Crippen LogP contribution in [0.15, 0.2) is 85.1 Å². The molecule has 6 rings (SSSR count). The summed E-state index contributed by atoms with van der Waals surface area (Å²) in [7, 11) is 0. The van der Waals surface area contributed by atoms with Crippen LogP contribution >= 0.6 is 0 Å². The molecule has 3 unspecified atom stereocenters. The molecule has 19 nitrogen and oxygen atoms in total. The molecule has 3 heterocycles. The molecule has 0 saturated carbocycles. The summed E-state index contributed by atoms with van der Waals surface area (Å²) in [6.07, 6.45) is 3.21. The number of nitrogens with one attached hydrogen (secondary N) is 9. The van der Waals surface area contributed by atoms with E-state index in [1.807, 2.05) is 42.5 Å². The lowest BCUT2D eigenvalue weighted by Gasteiger charge is -2.31. The second-order valence-electron chi connectivity index (χ2n) is 16.7. The fourth-order valence-corrected chi connectivity index (χ4v) is 8.40. The normalized spacial score (nSPS) is 21.5. The zero-order valence-electron chi connectivity index (χ0n) is 36.9. The number of H-pyrrole nitrogens is 1. The first-order valence-corrected chi connectivity index (χ1v) is 22.3. The van der Waals surface area contributed by atoms with Crippen LogP contribution in [0.5, 0.6) is 5.75 Å². The zero-order valence-corrected chi connectivity index (χ0v) is 36.9. The molecule has 0 radical (unpaired) electrons. The van der Waals surface area contributed by atoms with Gasteiger partial charge in [0.2, 0.25) is 41.4 Å². The fraction of sp³-hybridized carbons (Fsp3) is 0.404. The molecule has 0 bridgehead atoms. The zero-order chi connectivity index (χ0) is 47.2. The summed E-state index contributed by atoms with van der Waals surface area (Å²) in [6.45, 7) is 1.74. The maximum Gasteiger partial charge on any atom is 0.245 e. The van der Waals surface area contributed by atoms with Crippen LogP contribution in [0.4, 0.5) is 0 Å². The van der Waals surface area contributed by atoms with Crippen LogP contribution in [0.25, 0.3) is 10.9 Å². The first-order valence-electron chi connectivity index (χ1n) is 22.3. The van der Waals surface area contributed by atoms with Gasteiger partial charge >= 0.3 is 0 Å². The Morgan fingerprint density at radius 3 is 2.23 bits per heavy atom. The minimum absolute atomic E-state index is 0.00621. The number of para-hydroxylation sites is 1. The second-order valence-corrected chi connectivity index (χ2v) is 16.7. The summed E-state index contributed by atoms with van der Waals surface area (Å²) < 4.78 is 0. The number of guanidine groups is 1. The van der Waals surface area contributed by atoms with Gasteiger partial charge in [-0.2, -0.15) is 0 Å². The lowest BCUT2D eigenvalue weighted by atomic mass is 10.0. The number of carbonyl (C=O) groups is 7. The largest absolute Gasteiger partial charge is 0.508 e. The van der Waals surface area contributed by atoms with Gasteiger partial charge in [0.25, 0.3) is 0 Å². The molecule has 19 heteroatoms. The molecule has 4 aromatic rings. The highest BCUT2D eigenvalue weighted by Gasteiger charge is 2.40. The summed E-state index contributed by atoms with van der Waals surface area (Å²) in [5.41, 5.74) is 8.36. The minimum atomic E-state index is -1.28. The lowest BCUT2D eigenvalue weighted by Crippen LogP contribution is -2.60. The molecule has 0 spiro atoms. The number of benzene rings is 3. The quantitative estimate of drug-likeness (QED) is 0.0502. The smallest absolute Gasteiger partial charge is 0.245 e.